The summed E-state index contributed by atoms with van der Waals surface area (Å²) in [6.07, 6.45) is 7.57. The number of rotatable bonds is 1. The molecule has 0 saturated heterocycles. The standard InChI is InChI=1S/C7H11NO.C7H8/c9-6-8-7-4-2-1-3-5-7;1-7-5-3-2-4-6-7/h7H,1-5H2;2-6H,1H3. The van der Waals surface area contributed by atoms with Gasteiger partial charge in [0.05, 0.1) is 6.04 Å². The maximum absolute atomic E-state index is 9.78. The van der Waals surface area contributed by atoms with E-state index in [0.717, 1.165) is 12.8 Å². The Kier molecular flexibility index (Phi) is 6.20. The largest absolute Gasteiger partial charge is 0.235 e. The first-order valence-corrected chi connectivity index (χ1v) is 5.91. The van der Waals surface area contributed by atoms with Gasteiger partial charge in [0.2, 0.25) is 6.08 Å². The molecular formula is C14H19NO. The van der Waals surface area contributed by atoms with Gasteiger partial charge in [-0.15, -0.1) is 0 Å². The molecule has 0 unspecified atom stereocenters. The first kappa shape index (κ1) is 12.7. The average Bonchev–Trinajstić information content (AvgIpc) is 2.33. The summed E-state index contributed by atoms with van der Waals surface area (Å²) in [6, 6.07) is 10.6. The van der Waals surface area contributed by atoms with Crippen molar-refractivity contribution in [1.82, 2.24) is 0 Å². The van der Waals surface area contributed by atoms with Gasteiger partial charge >= 0.3 is 0 Å². The van der Waals surface area contributed by atoms with Gasteiger partial charge in [0.1, 0.15) is 0 Å². The van der Waals surface area contributed by atoms with Gasteiger partial charge in [-0.1, -0.05) is 55.2 Å². The molecule has 0 atom stereocenters. The van der Waals surface area contributed by atoms with Crippen LogP contribution in [0.25, 0.3) is 0 Å². The number of nitrogens with zero attached hydrogens (tertiary/aromatic N) is 1. The second-order valence-corrected chi connectivity index (χ2v) is 4.17. The molecule has 2 rings (SSSR count). The minimum atomic E-state index is 0.302. The smallest absolute Gasteiger partial charge is 0.211 e. The van der Waals surface area contributed by atoms with Crippen LogP contribution in [-0.4, -0.2) is 12.1 Å². The Hall–Kier alpha value is -1.40. The topological polar surface area (TPSA) is 29.4 Å². The van der Waals surface area contributed by atoms with Crippen LogP contribution in [0.15, 0.2) is 35.3 Å². The monoisotopic (exact) mass is 217 g/mol. The number of aliphatic imine (C=N–C) groups is 1. The number of hydrogen-bond donors (Lipinski definition) is 0. The zero-order valence-electron chi connectivity index (χ0n) is 9.86. The van der Waals surface area contributed by atoms with E-state index >= 15 is 0 Å². The molecule has 2 nitrogen and oxygen atoms in total. The lowest BCUT2D eigenvalue weighted by atomic mass is 9.96. The molecule has 1 aromatic rings. The van der Waals surface area contributed by atoms with Gasteiger partial charge in [-0.2, -0.15) is 0 Å². The van der Waals surface area contributed by atoms with Crippen LogP contribution in [0.3, 0.4) is 0 Å². The van der Waals surface area contributed by atoms with E-state index in [0.29, 0.717) is 6.04 Å². The number of isocyanates is 1. The fourth-order valence-electron chi connectivity index (χ4n) is 1.82. The molecule has 1 fully saturated rings. The molecule has 0 spiro atoms. The van der Waals surface area contributed by atoms with Gasteiger partial charge in [0.25, 0.3) is 0 Å². The van der Waals surface area contributed by atoms with Crippen molar-refractivity contribution in [2.24, 2.45) is 4.99 Å². The van der Waals surface area contributed by atoms with Gasteiger partial charge in [-0.05, 0) is 19.8 Å². The Balaban J connectivity index is 0.000000165. The van der Waals surface area contributed by atoms with Gasteiger partial charge in [0, 0.05) is 0 Å². The summed E-state index contributed by atoms with van der Waals surface area (Å²) >= 11 is 0. The number of hydrogen-bond acceptors (Lipinski definition) is 2. The average molecular weight is 217 g/mol. The van der Waals surface area contributed by atoms with Gasteiger partial charge in [-0.25, -0.2) is 9.79 Å². The summed E-state index contributed by atoms with van der Waals surface area (Å²) in [5.41, 5.74) is 1.32. The lowest BCUT2D eigenvalue weighted by Crippen LogP contribution is -2.08. The van der Waals surface area contributed by atoms with Gasteiger partial charge < -0.3 is 0 Å². The highest BCUT2D eigenvalue weighted by atomic mass is 16.1. The summed E-state index contributed by atoms with van der Waals surface area (Å²) in [6.45, 7) is 2.08. The minimum Gasteiger partial charge on any atom is -0.211 e. The van der Waals surface area contributed by atoms with E-state index in [1.807, 2.05) is 18.2 Å². The molecular weight excluding hydrogens is 198 g/mol. The molecule has 1 aliphatic carbocycles. The summed E-state index contributed by atoms with van der Waals surface area (Å²) in [5.74, 6) is 0. The van der Waals surface area contributed by atoms with Gasteiger partial charge in [-0.3, -0.25) is 0 Å². The summed E-state index contributed by atoms with van der Waals surface area (Å²) in [7, 11) is 0. The van der Waals surface area contributed by atoms with Crippen molar-refractivity contribution in [2.45, 2.75) is 45.1 Å². The Morgan fingerprint density at radius 2 is 1.75 bits per heavy atom. The first-order valence-electron chi connectivity index (χ1n) is 5.91. The Morgan fingerprint density at radius 1 is 1.12 bits per heavy atom. The highest BCUT2D eigenvalue weighted by molar-refractivity contribution is 5.33. The second-order valence-electron chi connectivity index (χ2n) is 4.17. The molecule has 0 heterocycles. The van der Waals surface area contributed by atoms with Crippen LogP contribution < -0.4 is 0 Å². The van der Waals surface area contributed by atoms with Crippen molar-refractivity contribution in [3.05, 3.63) is 35.9 Å². The van der Waals surface area contributed by atoms with E-state index in [1.165, 1.54) is 24.8 Å². The molecule has 16 heavy (non-hydrogen) atoms. The fourth-order valence-corrected chi connectivity index (χ4v) is 1.82. The molecule has 2 heteroatoms. The van der Waals surface area contributed by atoms with Crippen molar-refractivity contribution in [3.63, 3.8) is 0 Å². The molecule has 86 valence electrons. The third kappa shape index (κ3) is 5.47. The lowest BCUT2D eigenvalue weighted by molar-refractivity contribution is 0.439. The van der Waals surface area contributed by atoms with Crippen LogP contribution in [0, 0.1) is 6.92 Å². The van der Waals surface area contributed by atoms with Crippen LogP contribution in [0.5, 0.6) is 0 Å². The van der Waals surface area contributed by atoms with Crippen LogP contribution in [0.1, 0.15) is 37.7 Å². The molecule has 0 N–H and O–H groups in total. The Morgan fingerprint density at radius 3 is 2.19 bits per heavy atom. The molecule has 0 amide bonds. The summed E-state index contributed by atoms with van der Waals surface area (Å²) in [5, 5.41) is 0. The summed E-state index contributed by atoms with van der Waals surface area (Å²) < 4.78 is 0. The van der Waals surface area contributed by atoms with Crippen molar-refractivity contribution in [1.29, 1.82) is 0 Å². The van der Waals surface area contributed by atoms with E-state index in [2.05, 4.69) is 24.0 Å². The maximum Gasteiger partial charge on any atom is 0.235 e. The summed E-state index contributed by atoms with van der Waals surface area (Å²) in [4.78, 5) is 13.5. The van der Waals surface area contributed by atoms with Crippen LogP contribution in [0.2, 0.25) is 0 Å². The lowest BCUT2D eigenvalue weighted by Gasteiger charge is -2.14. The zero-order valence-corrected chi connectivity index (χ0v) is 9.86. The normalized spacial score (nSPS) is 15.6. The van der Waals surface area contributed by atoms with E-state index in [9.17, 15) is 4.79 Å². The third-order valence-corrected chi connectivity index (χ3v) is 2.75. The van der Waals surface area contributed by atoms with E-state index in [-0.39, 0.29) is 0 Å². The molecule has 1 aromatic carbocycles. The SMILES string of the molecule is Cc1ccccc1.O=C=NC1CCCCC1. The number of carbonyl (C=O) groups excluding carboxylic acids is 1. The predicted molar refractivity (Wildman–Crippen MR) is 66.2 cm³/mol. The second kappa shape index (κ2) is 7.84. The Bertz CT molecular complexity index is 322. The van der Waals surface area contributed by atoms with E-state index in [1.54, 1.807) is 6.08 Å². The minimum absolute atomic E-state index is 0.302. The molecule has 1 saturated carbocycles. The quantitative estimate of drug-likeness (QED) is 0.521. The number of benzene rings is 1. The predicted octanol–water partition coefficient (Wildman–Crippen LogP) is 3.65. The highest BCUT2D eigenvalue weighted by Gasteiger charge is 2.10. The third-order valence-electron chi connectivity index (χ3n) is 2.75. The van der Waals surface area contributed by atoms with Crippen molar-refractivity contribution >= 4 is 6.08 Å². The van der Waals surface area contributed by atoms with Crippen LogP contribution in [-0.2, 0) is 4.79 Å². The highest BCUT2D eigenvalue weighted by Crippen LogP contribution is 2.19. The van der Waals surface area contributed by atoms with Crippen molar-refractivity contribution in [2.75, 3.05) is 0 Å². The number of aryl methyl sites for hydroxylation is 1. The van der Waals surface area contributed by atoms with Gasteiger partial charge in [0.15, 0.2) is 0 Å². The molecule has 0 aliphatic heterocycles. The molecule has 0 aromatic heterocycles. The van der Waals surface area contributed by atoms with Crippen molar-refractivity contribution in [3.8, 4) is 0 Å². The maximum atomic E-state index is 9.78. The fraction of sp³-hybridized carbons (Fsp3) is 0.500. The van der Waals surface area contributed by atoms with E-state index in [4.69, 9.17) is 0 Å². The Labute approximate surface area is 97.4 Å². The van der Waals surface area contributed by atoms with Crippen molar-refractivity contribution < 1.29 is 4.79 Å². The van der Waals surface area contributed by atoms with Crippen LogP contribution in [0.4, 0.5) is 0 Å². The molecule has 0 radical (unpaired) electrons. The van der Waals surface area contributed by atoms with Crippen LogP contribution >= 0.6 is 0 Å². The molecule has 1 aliphatic rings. The first-order chi connectivity index (χ1) is 7.83. The zero-order chi connectivity index (χ0) is 11.6. The van der Waals surface area contributed by atoms with E-state index < -0.39 is 0 Å². The molecule has 0 bridgehead atoms.